The van der Waals surface area contributed by atoms with Gasteiger partial charge in [-0.3, -0.25) is 82.1 Å². The zero-order valence-corrected chi connectivity index (χ0v) is 67.1. The number of aliphatic hydroxyl groups is 1. The summed E-state index contributed by atoms with van der Waals surface area (Å²) in [6.07, 6.45) is 23.6. The van der Waals surface area contributed by atoms with E-state index in [0.29, 0.717) is 58.3 Å². The Balaban J connectivity index is 0.000000221. The van der Waals surface area contributed by atoms with Crippen molar-refractivity contribution in [2.45, 2.75) is 313 Å². The molecule has 112 heavy (non-hydrogen) atoms. The molecule has 32 nitrogen and oxygen atoms in total. The largest absolute Gasteiger partial charge is 0.381 e. The number of rotatable bonds is 28. The van der Waals surface area contributed by atoms with Gasteiger partial charge in [-0.1, -0.05) is 107 Å². The average Bonchev–Trinajstić information content (AvgIpc) is 1.55. The van der Waals surface area contributed by atoms with Gasteiger partial charge in [0.05, 0.1) is 49.7 Å². The minimum atomic E-state index is -1.49. The first-order valence-corrected chi connectivity index (χ1v) is 41.4. The van der Waals surface area contributed by atoms with Crippen LogP contribution in [0.25, 0.3) is 0 Å². The number of likely N-dealkylation sites (tertiary alicyclic amines) is 2. The van der Waals surface area contributed by atoms with Crippen molar-refractivity contribution in [2.75, 3.05) is 39.3 Å². The molecule has 0 bridgehead atoms. The van der Waals surface area contributed by atoms with Gasteiger partial charge in [0.2, 0.25) is 53.0 Å². The topological polar surface area (TPSA) is 409 Å². The number of nitrogens with one attached hydrogen (secondary N) is 8. The summed E-state index contributed by atoms with van der Waals surface area (Å²) in [4.78, 5) is 209. The number of amides is 12. The van der Waals surface area contributed by atoms with E-state index in [1.165, 1.54) is 47.0 Å². The number of carbonyl (C=O) groups is 13. The number of hydrogen-bond donors (Lipinski definition) is 9. The summed E-state index contributed by atoms with van der Waals surface area (Å²) in [5, 5.41) is 34.3. The minimum Gasteiger partial charge on any atom is -0.381 e. The van der Waals surface area contributed by atoms with Crippen LogP contribution in [0.1, 0.15) is 244 Å². The number of Topliss-reactive ketones (excluding diaryl/α,β-unsaturated/α-hetero) is 1. The molecule has 10 fully saturated rings. The monoisotopic (exact) mass is 1560 g/mol. The molecular weight excluding hydrogens is 1440 g/mol. The molecule has 12 amide bonds. The second-order valence-corrected chi connectivity index (χ2v) is 34.8. The molecule has 2 aromatic rings. The molecular formula is C80H120N18O14. The van der Waals surface area contributed by atoms with Gasteiger partial charge < -0.3 is 67.2 Å². The molecule has 6 aliphatic heterocycles. The Labute approximate surface area is 656 Å². The average molecular weight is 1560 g/mol. The number of aromatic nitrogens is 4. The number of ketones is 1. The number of aliphatic hydroxyl groups excluding tert-OH is 1. The predicted octanol–water partition coefficient (Wildman–Crippen LogP) is 2.68. The van der Waals surface area contributed by atoms with E-state index in [1.54, 1.807) is 9.80 Å². The summed E-state index contributed by atoms with van der Waals surface area (Å²) in [5.41, 5.74) is -3.48. The molecule has 12 rings (SSSR count). The van der Waals surface area contributed by atoms with Crippen LogP contribution in [-0.2, 0) is 52.7 Å². The van der Waals surface area contributed by atoms with Crippen LogP contribution in [0.2, 0.25) is 0 Å². The van der Waals surface area contributed by atoms with E-state index in [0.717, 1.165) is 103 Å². The van der Waals surface area contributed by atoms with Gasteiger partial charge in [0.1, 0.15) is 59.0 Å². The smallest absolute Gasteiger partial charge is 0.289 e. The third-order valence-electron chi connectivity index (χ3n) is 24.7. The second kappa shape index (κ2) is 35.8. The predicted molar refractivity (Wildman–Crippen MR) is 409 cm³/mol. The molecule has 7 unspecified atom stereocenters. The highest BCUT2D eigenvalue weighted by Gasteiger charge is 2.67. The maximum absolute atomic E-state index is 15.2. The zero-order valence-electron chi connectivity index (χ0n) is 67.1. The van der Waals surface area contributed by atoms with Crippen LogP contribution < -0.4 is 42.5 Å². The molecule has 10 aliphatic rings. The number of fused-ring (bicyclic) bond motifs is 4. The van der Waals surface area contributed by atoms with Crippen LogP contribution in [0.4, 0.5) is 0 Å². The Morgan fingerprint density at radius 2 is 0.920 bits per heavy atom. The fraction of sp³-hybridized carbons (Fsp3) is 0.738. The molecule has 0 radical (unpaired) electrons. The molecule has 2 spiro atoms. The normalized spacial score (nSPS) is 26.0. The number of nitrogens with zero attached hydrogens (tertiary/aromatic N) is 10. The van der Waals surface area contributed by atoms with Crippen molar-refractivity contribution in [2.24, 2.45) is 22.7 Å². The molecule has 6 saturated heterocycles. The van der Waals surface area contributed by atoms with E-state index >= 15 is 9.59 Å². The van der Waals surface area contributed by atoms with Gasteiger partial charge in [0.15, 0.2) is 6.10 Å². The number of likely N-dealkylation sites (N-methyl/N-ethyl adjacent to an activating group) is 2. The summed E-state index contributed by atoms with van der Waals surface area (Å²) in [6.45, 7) is 20.6. The van der Waals surface area contributed by atoms with Gasteiger partial charge >= 0.3 is 0 Å². The molecule has 32 heteroatoms. The van der Waals surface area contributed by atoms with Crippen molar-refractivity contribution in [3.63, 3.8) is 0 Å². The Morgan fingerprint density at radius 1 is 0.500 bits per heavy atom. The van der Waals surface area contributed by atoms with Crippen molar-refractivity contribution in [3.05, 3.63) is 48.6 Å². The Kier molecular flexibility index (Phi) is 26.9. The molecule has 13 atom stereocenters. The van der Waals surface area contributed by atoms with Crippen molar-refractivity contribution >= 4 is 76.7 Å². The lowest BCUT2D eigenvalue weighted by atomic mass is 9.82. The summed E-state index contributed by atoms with van der Waals surface area (Å²) >= 11 is 0. The molecule has 4 aliphatic carbocycles. The number of carbonyl (C=O) groups excluding carboxylic acids is 13. The van der Waals surface area contributed by atoms with Crippen molar-refractivity contribution < 1.29 is 67.4 Å². The van der Waals surface area contributed by atoms with Crippen LogP contribution in [0, 0.1) is 22.7 Å². The SMILES string of the molecule is CCCC(NC(=O)[C@@H]1CC2(CN1C(=O)C(NC(=O)[C@@H](NC(=O)c1cnccn1)C1CCCCC1)C(C)(C)C)N(CC)C(=O)[C@@H]1CCCN12)C(=O)C(=O)NC1CC1.CCCC(NC(=O)[C@@H]1CC2(CN1C(=O)C(NC(=O)[C@@H](NC(=O)c1cnccn1)C1CCCCC1)C(C)(C)C)N(CC)C(=O)[C@@H]1CCCN12)C(O)C(=O)NC1CC1. The van der Waals surface area contributed by atoms with Gasteiger partial charge in [0, 0.05) is 75.9 Å². The van der Waals surface area contributed by atoms with Crippen LogP contribution in [-0.4, -0.2) is 260 Å². The third kappa shape index (κ3) is 18.4. The van der Waals surface area contributed by atoms with E-state index in [-0.39, 0.29) is 91.6 Å². The first-order valence-electron chi connectivity index (χ1n) is 41.4. The molecule has 9 N–H and O–H groups in total. The first-order chi connectivity index (χ1) is 53.4. The summed E-state index contributed by atoms with van der Waals surface area (Å²) < 4.78 is 0. The fourth-order valence-electron chi connectivity index (χ4n) is 18.6. The molecule has 0 aromatic carbocycles. The van der Waals surface area contributed by atoms with E-state index < -0.39 is 141 Å². The second-order valence-electron chi connectivity index (χ2n) is 34.8. The third-order valence-corrected chi connectivity index (χ3v) is 24.7. The lowest BCUT2D eigenvalue weighted by molar-refractivity contribution is -0.145. The Bertz CT molecular complexity index is 3780. The highest BCUT2D eigenvalue weighted by Crippen LogP contribution is 2.48. The van der Waals surface area contributed by atoms with E-state index in [2.05, 4.69) is 72.3 Å². The van der Waals surface area contributed by atoms with Crippen LogP contribution >= 0.6 is 0 Å². The first kappa shape index (κ1) is 84.3. The summed E-state index contributed by atoms with van der Waals surface area (Å²) in [6, 6.07) is -9.08. The lowest BCUT2D eigenvalue weighted by Gasteiger charge is -2.40. The molecule has 4 saturated carbocycles. The Morgan fingerprint density at radius 3 is 1.30 bits per heavy atom. The Hall–Kier alpha value is -8.65. The lowest BCUT2D eigenvalue weighted by Crippen LogP contribution is -2.62. The highest BCUT2D eigenvalue weighted by molar-refractivity contribution is 6.38. The molecule has 8 heterocycles. The van der Waals surface area contributed by atoms with Gasteiger partial charge in [-0.05, 0) is 126 Å². The highest BCUT2D eigenvalue weighted by atomic mass is 16.3. The summed E-state index contributed by atoms with van der Waals surface area (Å²) in [7, 11) is 0. The van der Waals surface area contributed by atoms with Gasteiger partial charge in [-0.25, -0.2) is 9.97 Å². The number of hydrogen-bond acceptors (Lipinski definition) is 20. The maximum Gasteiger partial charge on any atom is 0.289 e. The van der Waals surface area contributed by atoms with Gasteiger partial charge in [0.25, 0.3) is 23.6 Å². The summed E-state index contributed by atoms with van der Waals surface area (Å²) in [5.74, 6) is -6.66. The van der Waals surface area contributed by atoms with Crippen molar-refractivity contribution in [1.82, 2.24) is 91.9 Å². The van der Waals surface area contributed by atoms with Crippen molar-refractivity contribution in [3.8, 4) is 0 Å². The van der Waals surface area contributed by atoms with Crippen LogP contribution in [0.3, 0.4) is 0 Å². The van der Waals surface area contributed by atoms with Crippen molar-refractivity contribution in [1.29, 1.82) is 0 Å². The fourth-order valence-corrected chi connectivity index (χ4v) is 18.6. The van der Waals surface area contributed by atoms with E-state index in [4.69, 9.17) is 0 Å². The standard InChI is InChI=1S/C40H61N9O7.C40H59N9O7/c2*1-6-12-26(31(50)36(54)43-25-16-17-25)44-34(52)29-21-40(48(7-2)37(55)28-15-11-20-49(28)40)23-47(29)38(56)32(39(3,4)5)46-35(53)30(24-13-9-8-10-14-24)45-33(51)27-22-41-18-19-42-27/h18-19,22,24-26,28-32,50H,6-17,20-21,23H2,1-5H3,(H,43,54)(H,44,52)(H,45,51)(H,46,53);18-19,22,24-26,28-30,32H,6-17,20-21,23H2,1-5H3,(H,43,54)(H,44,52)(H,45,51)(H,46,53)/t26?,28-,29-,30-,31?,32?,40?;26?,28-,29-,30-,32?,40?/m00/s1. The maximum atomic E-state index is 15.2. The zero-order chi connectivity index (χ0) is 80.7. The van der Waals surface area contributed by atoms with Crippen LogP contribution in [0.5, 0.6) is 0 Å². The molecule has 2 aromatic heterocycles. The van der Waals surface area contributed by atoms with E-state index in [9.17, 15) is 57.8 Å². The minimum absolute atomic E-state index is 0.0203. The molecule has 614 valence electrons. The van der Waals surface area contributed by atoms with Gasteiger partial charge in [-0.2, -0.15) is 0 Å². The van der Waals surface area contributed by atoms with Gasteiger partial charge in [-0.15, -0.1) is 0 Å². The van der Waals surface area contributed by atoms with Crippen LogP contribution in [0.15, 0.2) is 37.2 Å². The van der Waals surface area contributed by atoms with E-state index in [1.807, 2.05) is 69.2 Å². The quantitative estimate of drug-likeness (QED) is 0.0553.